The molecule has 1 N–H and O–H groups in total. The number of halogens is 1. The summed E-state index contributed by atoms with van der Waals surface area (Å²) in [6.07, 6.45) is 2.95. The fraction of sp³-hybridized carbons (Fsp3) is 1.00. The van der Waals surface area contributed by atoms with Crippen molar-refractivity contribution in [3.8, 4) is 0 Å². The third-order valence-electron chi connectivity index (χ3n) is 3.22. The minimum absolute atomic E-state index is 0.740. The van der Waals surface area contributed by atoms with Crippen LogP contribution in [0.4, 0.5) is 0 Å². The molecule has 2 rings (SSSR count). The molecule has 0 aromatic heterocycles. The quantitative estimate of drug-likeness (QED) is 0.511. The van der Waals surface area contributed by atoms with Gasteiger partial charge in [-0.1, -0.05) is 29.5 Å². The molecule has 0 bridgehead atoms. The van der Waals surface area contributed by atoms with Crippen LogP contribution in [-0.2, 0) is 0 Å². The zero-order chi connectivity index (χ0) is 7.19. The monoisotopic (exact) mass is 251 g/mol. The maximum absolute atomic E-state index is 3.51. The van der Waals surface area contributed by atoms with Gasteiger partial charge in [-0.25, -0.2) is 0 Å². The van der Waals surface area contributed by atoms with Crippen LogP contribution in [0.15, 0.2) is 0 Å². The van der Waals surface area contributed by atoms with Crippen LogP contribution >= 0.6 is 22.6 Å². The molecule has 1 aliphatic carbocycles. The Balaban J connectivity index is 2.07. The molecule has 0 radical (unpaired) electrons. The maximum Gasteiger partial charge on any atom is 0.0266 e. The predicted octanol–water partition coefficient (Wildman–Crippen LogP) is 1.81. The summed E-state index contributed by atoms with van der Waals surface area (Å²) in [7, 11) is 0. The molecular weight excluding hydrogens is 237 g/mol. The SMILES string of the molecule is CC1C(I)CNCC12CC2. The van der Waals surface area contributed by atoms with E-state index in [2.05, 4.69) is 34.8 Å². The first-order valence-electron chi connectivity index (χ1n) is 4.09. The van der Waals surface area contributed by atoms with Crippen molar-refractivity contribution in [3.05, 3.63) is 0 Å². The molecule has 1 nitrogen and oxygen atoms in total. The molecule has 58 valence electrons. The molecule has 1 spiro atoms. The van der Waals surface area contributed by atoms with Crippen molar-refractivity contribution in [1.82, 2.24) is 5.32 Å². The zero-order valence-corrected chi connectivity index (χ0v) is 8.52. The Labute approximate surface area is 76.1 Å². The Bertz CT molecular complexity index is 142. The van der Waals surface area contributed by atoms with Crippen LogP contribution in [0.3, 0.4) is 0 Å². The molecule has 0 amide bonds. The Morgan fingerprint density at radius 3 is 2.70 bits per heavy atom. The van der Waals surface area contributed by atoms with Crippen molar-refractivity contribution in [3.63, 3.8) is 0 Å². The van der Waals surface area contributed by atoms with Crippen LogP contribution in [0.25, 0.3) is 0 Å². The molecule has 2 aliphatic rings. The summed E-state index contributed by atoms with van der Waals surface area (Å²) in [4.78, 5) is 0. The summed E-state index contributed by atoms with van der Waals surface area (Å²) in [6.45, 7) is 4.93. The fourth-order valence-corrected chi connectivity index (χ4v) is 3.05. The first-order chi connectivity index (χ1) is 4.75. The van der Waals surface area contributed by atoms with Gasteiger partial charge in [-0.05, 0) is 24.2 Å². The molecule has 2 fully saturated rings. The van der Waals surface area contributed by atoms with Crippen LogP contribution in [0, 0.1) is 11.3 Å². The van der Waals surface area contributed by atoms with Gasteiger partial charge in [0.05, 0.1) is 0 Å². The van der Waals surface area contributed by atoms with Crippen molar-refractivity contribution >= 4 is 22.6 Å². The van der Waals surface area contributed by atoms with Gasteiger partial charge in [0.25, 0.3) is 0 Å². The molecule has 0 aromatic rings. The van der Waals surface area contributed by atoms with Gasteiger partial charge in [0, 0.05) is 17.0 Å². The van der Waals surface area contributed by atoms with E-state index < -0.39 is 0 Å². The van der Waals surface area contributed by atoms with Crippen molar-refractivity contribution < 1.29 is 0 Å². The Morgan fingerprint density at radius 1 is 1.50 bits per heavy atom. The van der Waals surface area contributed by atoms with E-state index in [9.17, 15) is 0 Å². The summed E-state index contributed by atoms with van der Waals surface area (Å²) in [5.41, 5.74) is 0.740. The number of hydrogen-bond donors (Lipinski definition) is 1. The van der Waals surface area contributed by atoms with Gasteiger partial charge in [-0.3, -0.25) is 0 Å². The van der Waals surface area contributed by atoms with E-state index in [1.54, 1.807) is 0 Å². The standard InChI is InChI=1S/C8H14IN/c1-6-7(9)4-10-5-8(6)2-3-8/h6-7,10H,2-5H2,1H3. The van der Waals surface area contributed by atoms with Gasteiger partial charge in [-0.2, -0.15) is 0 Å². The normalized spacial score (nSPS) is 43.8. The lowest BCUT2D eigenvalue weighted by molar-refractivity contribution is 0.267. The number of alkyl halides is 1. The number of hydrogen-bond acceptors (Lipinski definition) is 1. The Morgan fingerprint density at radius 2 is 2.20 bits per heavy atom. The molecule has 1 heterocycles. The second-order valence-corrected chi connectivity index (χ2v) is 5.40. The summed E-state index contributed by atoms with van der Waals surface area (Å²) in [5, 5.41) is 3.51. The van der Waals surface area contributed by atoms with E-state index in [1.165, 1.54) is 25.9 Å². The highest BCUT2D eigenvalue weighted by Gasteiger charge is 2.50. The highest BCUT2D eigenvalue weighted by atomic mass is 127. The lowest BCUT2D eigenvalue weighted by Crippen LogP contribution is -2.44. The van der Waals surface area contributed by atoms with Crippen LogP contribution < -0.4 is 5.32 Å². The lowest BCUT2D eigenvalue weighted by Gasteiger charge is -2.33. The van der Waals surface area contributed by atoms with E-state index in [-0.39, 0.29) is 0 Å². The highest BCUT2D eigenvalue weighted by molar-refractivity contribution is 14.1. The Kier molecular flexibility index (Phi) is 1.72. The highest BCUT2D eigenvalue weighted by Crippen LogP contribution is 2.54. The number of piperidine rings is 1. The van der Waals surface area contributed by atoms with Gasteiger partial charge in [0.1, 0.15) is 0 Å². The van der Waals surface area contributed by atoms with E-state index in [1.807, 2.05) is 0 Å². The van der Waals surface area contributed by atoms with E-state index in [0.717, 1.165) is 15.3 Å². The first-order valence-corrected chi connectivity index (χ1v) is 5.34. The molecular formula is C8H14IN. The summed E-state index contributed by atoms with van der Waals surface area (Å²) < 4.78 is 0.869. The molecule has 2 atom stereocenters. The molecule has 1 saturated heterocycles. The molecule has 10 heavy (non-hydrogen) atoms. The molecule has 0 aromatic carbocycles. The minimum Gasteiger partial charge on any atom is -0.315 e. The average Bonchev–Trinajstić information content (AvgIpc) is 2.65. The van der Waals surface area contributed by atoms with Crippen LogP contribution in [0.1, 0.15) is 19.8 Å². The predicted molar refractivity (Wildman–Crippen MR) is 51.5 cm³/mol. The second-order valence-electron chi connectivity index (χ2n) is 3.80. The number of nitrogens with one attached hydrogen (secondary N) is 1. The summed E-state index contributed by atoms with van der Waals surface area (Å²) in [6, 6.07) is 0. The van der Waals surface area contributed by atoms with Crippen molar-refractivity contribution in [2.75, 3.05) is 13.1 Å². The van der Waals surface area contributed by atoms with E-state index in [4.69, 9.17) is 0 Å². The van der Waals surface area contributed by atoms with Gasteiger partial charge in [0.15, 0.2) is 0 Å². The smallest absolute Gasteiger partial charge is 0.0266 e. The summed E-state index contributed by atoms with van der Waals surface area (Å²) >= 11 is 2.59. The van der Waals surface area contributed by atoms with Crippen LogP contribution in [0.5, 0.6) is 0 Å². The van der Waals surface area contributed by atoms with E-state index in [0.29, 0.717) is 0 Å². The molecule has 1 saturated carbocycles. The van der Waals surface area contributed by atoms with Gasteiger partial charge < -0.3 is 5.32 Å². The first kappa shape index (κ1) is 7.35. The maximum atomic E-state index is 3.51. The van der Waals surface area contributed by atoms with Crippen LogP contribution in [0.2, 0.25) is 0 Å². The van der Waals surface area contributed by atoms with Gasteiger partial charge in [-0.15, -0.1) is 0 Å². The fourth-order valence-electron chi connectivity index (χ4n) is 1.97. The molecule has 1 aliphatic heterocycles. The number of rotatable bonds is 0. The van der Waals surface area contributed by atoms with Crippen molar-refractivity contribution in [2.45, 2.75) is 23.7 Å². The average molecular weight is 251 g/mol. The van der Waals surface area contributed by atoms with Gasteiger partial charge >= 0.3 is 0 Å². The third-order valence-corrected chi connectivity index (χ3v) is 4.74. The minimum atomic E-state index is 0.740. The van der Waals surface area contributed by atoms with Crippen LogP contribution in [-0.4, -0.2) is 17.0 Å². The van der Waals surface area contributed by atoms with E-state index >= 15 is 0 Å². The van der Waals surface area contributed by atoms with Crippen molar-refractivity contribution in [2.24, 2.45) is 11.3 Å². The zero-order valence-electron chi connectivity index (χ0n) is 6.36. The summed E-state index contributed by atoms with van der Waals surface area (Å²) in [5.74, 6) is 0.953. The van der Waals surface area contributed by atoms with Crippen molar-refractivity contribution in [1.29, 1.82) is 0 Å². The lowest BCUT2D eigenvalue weighted by atomic mass is 9.85. The third kappa shape index (κ3) is 0.998. The second kappa shape index (κ2) is 2.34. The molecule has 2 unspecified atom stereocenters. The van der Waals surface area contributed by atoms with Gasteiger partial charge in [0.2, 0.25) is 0 Å². The molecule has 2 heteroatoms. The topological polar surface area (TPSA) is 12.0 Å². The Hall–Kier alpha value is 0.690. The largest absolute Gasteiger partial charge is 0.315 e.